The van der Waals surface area contributed by atoms with Crippen molar-refractivity contribution in [1.82, 2.24) is 5.32 Å². The predicted molar refractivity (Wildman–Crippen MR) is 68.5 cm³/mol. The Morgan fingerprint density at radius 3 is 2.80 bits per heavy atom. The monoisotopic (exact) mass is 289 g/mol. The third-order valence-electron chi connectivity index (χ3n) is 3.43. The molecule has 0 aliphatic carbocycles. The van der Waals surface area contributed by atoms with Gasteiger partial charge in [0.15, 0.2) is 0 Å². The molecule has 112 valence electrons. The van der Waals surface area contributed by atoms with Crippen molar-refractivity contribution in [3.05, 3.63) is 29.8 Å². The first-order chi connectivity index (χ1) is 9.49. The number of hydrogen-bond donors (Lipinski definition) is 1. The standard InChI is InChI=1S/C14H18F3NO2/c1-18-13(11-5-3-7-19-9-11)10-4-2-6-12(8-10)20-14(15,16)17/h2,4,6,8,11,13,18H,3,5,7,9H2,1H3. The lowest BCUT2D eigenvalue weighted by Gasteiger charge is -2.30. The van der Waals surface area contributed by atoms with Gasteiger partial charge in [0.25, 0.3) is 0 Å². The number of ether oxygens (including phenoxy) is 2. The maximum atomic E-state index is 12.3. The van der Waals surface area contributed by atoms with Crippen LogP contribution in [0.5, 0.6) is 5.75 Å². The molecule has 1 aromatic rings. The molecule has 0 spiro atoms. The third-order valence-corrected chi connectivity index (χ3v) is 3.43. The molecule has 0 radical (unpaired) electrons. The second-order valence-corrected chi connectivity index (χ2v) is 4.86. The molecule has 1 saturated heterocycles. The average Bonchev–Trinajstić information content (AvgIpc) is 2.39. The van der Waals surface area contributed by atoms with Crippen molar-refractivity contribution in [2.24, 2.45) is 5.92 Å². The summed E-state index contributed by atoms with van der Waals surface area (Å²) in [6.45, 7) is 1.38. The SMILES string of the molecule is CNC(c1cccc(OC(F)(F)F)c1)C1CCCOC1. The van der Waals surface area contributed by atoms with Gasteiger partial charge < -0.3 is 14.8 Å². The van der Waals surface area contributed by atoms with Gasteiger partial charge >= 0.3 is 6.36 Å². The lowest BCUT2D eigenvalue weighted by atomic mass is 9.89. The van der Waals surface area contributed by atoms with Crippen molar-refractivity contribution in [1.29, 1.82) is 0 Å². The Morgan fingerprint density at radius 1 is 1.40 bits per heavy atom. The second-order valence-electron chi connectivity index (χ2n) is 4.86. The number of alkyl halides is 3. The molecule has 1 aliphatic heterocycles. The molecule has 20 heavy (non-hydrogen) atoms. The van der Waals surface area contributed by atoms with Gasteiger partial charge in [0, 0.05) is 18.6 Å². The molecule has 0 amide bonds. The zero-order chi connectivity index (χ0) is 14.6. The number of rotatable bonds is 4. The molecule has 1 N–H and O–H groups in total. The van der Waals surface area contributed by atoms with Gasteiger partial charge in [-0.25, -0.2) is 0 Å². The van der Waals surface area contributed by atoms with Crippen molar-refractivity contribution < 1.29 is 22.6 Å². The van der Waals surface area contributed by atoms with Crippen LogP contribution in [0.1, 0.15) is 24.4 Å². The van der Waals surface area contributed by atoms with Gasteiger partial charge in [0.1, 0.15) is 5.75 Å². The van der Waals surface area contributed by atoms with Crippen LogP contribution in [0.2, 0.25) is 0 Å². The Hall–Kier alpha value is -1.27. The third kappa shape index (κ3) is 4.11. The van der Waals surface area contributed by atoms with Crippen molar-refractivity contribution in [2.45, 2.75) is 25.2 Å². The fourth-order valence-corrected chi connectivity index (χ4v) is 2.61. The van der Waals surface area contributed by atoms with Crippen LogP contribution in [0.15, 0.2) is 24.3 Å². The summed E-state index contributed by atoms with van der Waals surface area (Å²) >= 11 is 0. The lowest BCUT2D eigenvalue weighted by Crippen LogP contribution is -2.31. The Bertz CT molecular complexity index is 431. The normalized spacial score (nSPS) is 21.5. The van der Waals surface area contributed by atoms with Crippen LogP contribution in [-0.2, 0) is 4.74 Å². The van der Waals surface area contributed by atoms with E-state index in [4.69, 9.17) is 4.74 Å². The Balaban J connectivity index is 2.14. The first kappa shape index (κ1) is 15.1. The van der Waals surface area contributed by atoms with Gasteiger partial charge in [0.2, 0.25) is 0 Å². The number of halogens is 3. The molecular weight excluding hydrogens is 271 g/mol. The summed E-state index contributed by atoms with van der Waals surface area (Å²) in [5.74, 6) is 0.0712. The molecule has 2 unspecified atom stereocenters. The molecule has 0 aromatic heterocycles. The molecule has 3 nitrogen and oxygen atoms in total. The first-order valence-electron chi connectivity index (χ1n) is 6.60. The van der Waals surface area contributed by atoms with Gasteiger partial charge in [-0.05, 0) is 37.6 Å². The summed E-state index contributed by atoms with van der Waals surface area (Å²) in [5, 5.41) is 3.16. The van der Waals surface area contributed by atoms with E-state index in [2.05, 4.69) is 10.1 Å². The highest BCUT2D eigenvalue weighted by Crippen LogP contribution is 2.31. The van der Waals surface area contributed by atoms with Crippen LogP contribution in [0.25, 0.3) is 0 Å². The van der Waals surface area contributed by atoms with Crippen LogP contribution in [0.4, 0.5) is 13.2 Å². The minimum absolute atomic E-state index is 0.0351. The van der Waals surface area contributed by atoms with Gasteiger partial charge in [-0.1, -0.05) is 12.1 Å². The highest BCUT2D eigenvalue weighted by atomic mass is 19.4. The van der Waals surface area contributed by atoms with Crippen LogP contribution < -0.4 is 10.1 Å². The zero-order valence-corrected chi connectivity index (χ0v) is 11.2. The maximum Gasteiger partial charge on any atom is 0.573 e. The van der Waals surface area contributed by atoms with E-state index in [1.54, 1.807) is 19.2 Å². The highest BCUT2D eigenvalue weighted by Gasteiger charge is 2.31. The summed E-state index contributed by atoms with van der Waals surface area (Å²) in [5.41, 5.74) is 0.782. The fraction of sp³-hybridized carbons (Fsp3) is 0.571. The van der Waals surface area contributed by atoms with Gasteiger partial charge in [-0.2, -0.15) is 0 Å². The maximum absolute atomic E-state index is 12.3. The molecule has 1 aliphatic rings. The average molecular weight is 289 g/mol. The minimum atomic E-state index is -4.66. The summed E-state index contributed by atoms with van der Waals surface area (Å²) in [6.07, 6.45) is -2.70. The number of hydrogen-bond acceptors (Lipinski definition) is 3. The summed E-state index contributed by atoms with van der Waals surface area (Å²) in [7, 11) is 1.80. The molecule has 2 rings (SSSR count). The largest absolute Gasteiger partial charge is 0.573 e. The van der Waals surface area contributed by atoms with Crippen LogP contribution in [0.3, 0.4) is 0 Å². The van der Waals surface area contributed by atoms with Gasteiger partial charge in [-0.15, -0.1) is 13.2 Å². The minimum Gasteiger partial charge on any atom is -0.406 e. The molecule has 1 heterocycles. The second kappa shape index (κ2) is 6.45. The summed E-state index contributed by atoms with van der Waals surface area (Å²) in [6, 6.07) is 6.08. The Labute approximate surface area is 116 Å². The van der Waals surface area contributed by atoms with Crippen molar-refractivity contribution in [3.63, 3.8) is 0 Å². The van der Waals surface area contributed by atoms with E-state index in [0.717, 1.165) is 25.0 Å². The van der Waals surface area contributed by atoms with E-state index < -0.39 is 6.36 Å². The van der Waals surface area contributed by atoms with E-state index in [1.807, 2.05) is 0 Å². The van der Waals surface area contributed by atoms with Gasteiger partial charge in [0.05, 0.1) is 6.61 Å². The smallest absolute Gasteiger partial charge is 0.406 e. The van der Waals surface area contributed by atoms with Gasteiger partial charge in [-0.3, -0.25) is 0 Å². The van der Waals surface area contributed by atoms with Crippen molar-refractivity contribution >= 4 is 0 Å². The Morgan fingerprint density at radius 2 is 2.20 bits per heavy atom. The van der Waals surface area contributed by atoms with Crippen molar-refractivity contribution in [3.8, 4) is 5.75 Å². The molecule has 0 saturated carbocycles. The predicted octanol–water partition coefficient (Wildman–Crippen LogP) is 3.27. The summed E-state index contributed by atoms with van der Waals surface area (Å²) in [4.78, 5) is 0. The number of nitrogens with one attached hydrogen (secondary N) is 1. The molecular formula is C14H18F3NO2. The fourth-order valence-electron chi connectivity index (χ4n) is 2.61. The molecule has 1 aromatic carbocycles. The molecule has 0 bridgehead atoms. The van der Waals surface area contributed by atoms with Crippen LogP contribution in [0, 0.1) is 5.92 Å². The lowest BCUT2D eigenvalue weighted by molar-refractivity contribution is -0.274. The highest BCUT2D eigenvalue weighted by molar-refractivity contribution is 5.31. The summed E-state index contributed by atoms with van der Waals surface area (Å²) < 4.78 is 46.2. The van der Waals surface area contributed by atoms with E-state index >= 15 is 0 Å². The van der Waals surface area contributed by atoms with E-state index in [-0.39, 0.29) is 17.7 Å². The zero-order valence-electron chi connectivity index (χ0n) is 11.2. The van der Waals surface area contributed by atoms with Crippen LogP contribution >= 0.6 is 0 Å². The van der Waals surface area contributed by atoms with E-state index in [1.165, 1.54) is 12.1 Å². The topological polar surface area (TPSA) is 30.5 Å². The van der Waals surface area contributed by atoms with E-state index in [0.29, 0.717) is 6.61 Å². The molecule has 1 fully saturated rings. The molecule has 2 atom stereocenters. The Kier molecular flexibility index (Phi) is 4.88. The van der Waals surface area contributed by atoms with E-state index in [9.17, 15) is 13.2 Å². The quantitative estimate of drug-likeness (QED) is 0.922. The van der Waals surface area contributed by atoms with Crippen molar-refractivity contribution in [2.75, 3.05) is 20.3 Å². The molecule has 6 heteroatoms. The van der Waals surface area contributed by atoms with Crippen LogP contribution in [-0.4, -0.2) is 26.6 Å². The first-order valence-corrected chi connectivity index (χ1v) is 6.60. The number of benzene rings is 1.